The first-order valence-electron chi connectivity index (χ1n) is 7.48. The predicted molar refractivity (Wildman–Crippen MR) is 98.3 cm³/mol. The number of hydrazine groups is 2. The lowest BCUT2D eigenvalue weighted by Crippen LogP contribution is -2.41. The molecule has 0 saturated carbocycles. The molecule has 0 aliphatic carbocycles. The number of urea groups is 2. The standard InChI is InChI=1S/C16H16N6O6/c17-15(27)21(19)7-1-3-9(11(5-7)13(23)24)10-4-2-8(22(20)16(18)28)6-12(10)14(25)26/h1-6H,19-20H2,(H2,17,27)(H2,18,28)(H,23,24)(H,25,26). The fourth-order valence-electron chi connectivity index (χ4n) is 2.44. The van der Waals surface area contributed by atoms with Crippen molar-refractivity contribution in [2.45, 2.75) is 0 Å². The Kier molecular flexibility index (Phi) is 5.48. The molecule has 0 radical (unpaired) electrons. The zero-order valence-electron chi connectivity index (χ0n) is 14.2. The van der Waals surface area contributed by atoms with Gasteiger partial charge in [0.1, 0.15) is 0 Å². The number of nitrogens with zero attached hydrogens (tertiary/aromatic N) is 2. The predicted octanol–water partition coefficient (Wildman–Crippen LogP) is 0.268. The molecule has 0 aliphatic heterocycles. The fourth-order valence-corrected chi connectivity index (χ4v) is 2.44. The zero-order valence-corrected chi connectivity index (χ0v) is 14.2. The summed E-state index contributed by atoms with van der Waals surface area (Å²) >= 11 is 0. The molecule has 0 bridgehead atoms. The Labute approximate surface area is 157 Å². The maximum atomic E-state index is 11.7. The number of carboxylic acids is 2. The summed E-state index contributed by atoms with van der Waals surface area (Å²) in [6, 6.07) is 5.24. The van der Waals surface area contributed by atoms with Gasteiger partial charge in [0.15, 0.2) is 0 Å². The zero-order chi connectivity index (χ0) is 21.2. The number of carbonyl (C=O) groups is 4. The van der Waals surface area contributed by atoms with Crippen LogP contribution in [0.3, 0.4) is 0 Å². The summed E-state index contributed by atoms with van der Waals surface area (Å²) in [4.78, 5) is 45.7. The van der Waals surface area contributed by atoms with Gasteiger partial charge in [-0.3, -0.25) is 0 Å². The molecule has 12 heteroatoms. The first-order chi connectivity index (χ1) is 13.0. The minimum atomic E-state index is -1.40. The summed E-state index contributed by atoms with van der Waals surface area (Å²) in [6.07, 6.45) is 0. The number of hydrogen-bond acceptors (Lipinski definition) is 6. The topological polar surface area (TPSA) is 219 Å². The van der Waals surface area contributed by atoms with Gasteiger partial charge in [-0.1, -0.05) is 12.1 Å². The molecule has 0 aliphatic rings. The SMILES string of the molecule is NC(=O)N(N)c1ccc(-c2ccc(N(N)C(N)=O)cc2C(=O)O)c(C(=O)O)c1. The monoisotopic (exact) mass is 388 g/mol. The Morgan fingerprint density at radius 1 is 0.679 bits per heavy atom. The van der Waals surface area contributed by atoms with Crippen LogP contribution in [0, 0.1) is 0 Å². The van der Waals surface area contributed by atoms with Crippen molar-refractivity contribution in [3.05, 3.63) is 47.5 Å². The summed E-state index contributed by atoms with van der Waals surface area (Å²) in [5.74, 6) is 8.14. The Morgan fingerprint density at radius 3 is 1.25 bits per heavy atom. The van der Waals surface area contributed by atoms with Crippen LogP contribution < -0.4 is 33.2 Å². The molecule has 146 valence electrons. The van der Waals surface area contributed by atoms with E-state index in [2.05, 4.69) is 0 Å². The average Bonchev–Trinajstić information content (AvgIpc) is 2.65. The molecule has 10 N–H and O–H groups in total. The van der Waals surface area contributed by atoms with Crippen LogP contribution in [0.2, 0.25) is 0 Å². The highest BCUT2D eigenvalue weighted by atomic mass is 16.4. The number of nitrogens with two attached hydrogens (primary N) is 4. The second kappa shape index (κ2) is 7.61. The van der Waals surface area contributed by atoms with Gasteiger partial charge in [-0.2, -0.15) is 0 Å². The quantitative estimate of drug-likeness (QED) is 0.236. The molecule has 0 unspecified atom stereocenters. The number of rotatable bonds is 5. The Bertz CT molecular complexity index is 912. The highest BCUT2D eigenvalue weighted by Crippen LogP contribution is 2.32. The molecule has 0 spiro atoms. The van der Waals surface area contributed by atoms with Crippen molar-refractivity contribution in [1.82, 2.24) is 0 Å². The Balaban J connectivity index is 2.69. The normalized spacial score (nSPS) is 10.2. The molecule has 4 amide bonds. The number of benzene rings is 2. The smallest absolute Gasteiger partial charge is 0.336 e. The highest BCUT2D eigenvalue weighted by Gasteiger charge is 2.21. The van der Waals surface area contributed by atoms with Gasteiger partial charge in [0.2, 0.25) is 0 Å². The molecule has 2 aromatic rings. The summed E-state index contributed by atoms with van der Waals surface area (Å²) in [7, 11) is 0. The molecule has 0 aromatic heterocycles. The van der Waals surface area contributed by atoms with Crippen molar-refractivity contribution >= 4 is 35.4 Å². The van der Waals surface area contributed by atoms with E-state index in [0.717, 1.165) is 12.1 Å². The van der Waals surface area contributed by atoms with E-state index in [4.69, 9.17) is 23.2 Å². The van der Waals surface area contributed by atoms with Gasteiger partial charge in [-0.15, -0.1) is 0 Å². The first kappa shape index (κ1) is 20.2. The lowest BCUT2D eigenvalue weighted by Gasteiger charge is -2.18. The first-order valence-corrected chi connectivity index (χ1v) is 7.48. The van der Waals surface area contributed by atoms with Gasteiger partial charge in [0.25, 0.3) is 0 Å². The summed E-state index contributed by atoms with van der Waals surface area (Å²) in [5.41, 5.74) is 9.50. The molecule has 2 rings (SSSR count). The number of primary amides is 2. The van der Waals surface area contributed by atoms with Crippen LogP contribution in [-0.2, 0) is 0 Å². The van der Waals surface area contributed by atoms with Crippen molar-refractivity contribution in [1.29, 1.82) is 0 Å². The maximum Gasteiger partial charge on any atom is 0.336 e. The molecule has 0 saturated heterocycles. The number of aromatic carboxylic acids is 2. The Hall–Kier alpha value is -4.16. The van der Waals surface area contributed by atoms with E-state index in [-0.39, 0.29) is 33.6 Å². The number of anilines is 2. The highest BCUT2D eigenvalue weighted by molar-refractivity contribution is 6.04. The number of amides is 4. The average molecular weight is 388 g/mol. The second-order valence-corrected chi connectivity index (χ2v) is 5.49. The van der Waals surface area contributed by atoms with Gasteiger partial charge in [-0.25, -0.2) is 40.9 Å². The molecule has 0 atom stereocenters. The van der Waals surface area contributed by atoms with E-state index in [1.165, 1.54) is 24.3 Å². The van der Waals surface area contributed by atoms with Gasteiger partial charge in [0, 0.05) is 0 Å². The summed E-state index contributed by atoms with van der Waals surface area (Å²) in [6.45, 7) is 0. The van der Waals surface area contributed by atoms with Crippen LogP contribution in [0.5, 0.6) is 0 Å². The van der Waals surface area contributed by atoms with Crippen LogP contribution in [0.25, 0.3) is 11.1 Å². The van der Waals surface area contributed by atoms with Crippen molar-refractivity contribution in [3.8, 4) is 11.1 Å². The Morgan fingerprint density at radius 2 is 1.00 bits per heavy atom. The third kappa shape index (κ3) is 3.82. The van der Waals surface area contributed by atoms with Crippen molar-refractivity contribution < 1.29 is 29.4 Å². The number of hydrogen-bond donors (Lipinski definition) is 6. The van der Waals surface area contributed by atoms with Crippen LogP contribution in [0.15, 0.2) is 36.4 Å². The van der Waals surface area contributed by atoms with E-state index in [0.29, 0.717) is 10.0 Å². The third-order valence-electron chi connectivity index (χ3n) is 3.79. The number of carbonyl (C=O) groups excluding carboxylic acids is 2. The molecule has 0 fully saturated rings. The van der Waals surface area contributed by atoms with E-state index < -0.39 is 24.0 Å². The largest absolute Gasteiger partial charge is 0.478 e. The van der Waals surface area contributed by atoms with E-state index in [1.54, 1.807) is 0 Å². The van der Waals surface area contributed by atoms with Gasteiger partial charge in [0.05, 0.1) is 22.5 Å². The second-order valence-electron chi connectivity index (χ2n) is 5.49. The molecule has 2 aromatic carbocycles. The lowest BCUT2D eigenvalue weighted by molar-refractivity contribution is 0.0684. The van der Waals surface area contributed by atoms with Gasteiger partial charge in [-0.05, 0) is 35.4 Å². The molecular formula is C16H16N6O6. The van der Waals surface area contributed by atoms with Crippen LogP contribution in [-0.4, -0.2) is 34.2 Å². The molecule has 0 heterocycles. The lowest BCUT2D eigenvalue weighted by atomic mass is 9.94. The van der Waals surface area contributed by atoms with Crippen molar-refractivity contribution in [2.75, 3.05) is 10.0 Å². The molecule has 12 nitrogen and oxygen atoms in total. The third-order valence-corrected chi connectivity index (χ3v) is 3.79. The van der Waals surface area contributed by atoms with Gasteiger partial charge >= 0.3 is 24.0 Å². The molecular weight excluding hydrogens is 372 g/mol. The van der Waals surface area contributed by atoms with E-state index in [9.17, 15) is 29.4 Å². The molecule has 28 heavy (non-hydrogen) atoms. The van der Waals surface area contributed by atoms with Gasteiger partial charge < -0.3 is 21.7 Å². The van der Waals surface area contributed by atoms with Crippen LogP contribution in [0.1, 0.15) is 20.7 Å². The van der Waals surface area contributed by atoms with Crippen LogP contribution in [0.4, 0.5) is 21.0 Å². The maximum absolute atomic E-state index is 11.7. The number of carboxylic acid groups (broad SMARTS) is 2. The summed E-state index contributed by atoms with van der Waals surface area (Å²) < 4.78 is 0. The fraction of sp³-hybridized carbons (Fsp3) is 0. The van der Waals surface area contributed by atoms with E-state index >= 15 is 0 Å². The van der Waals surface area contributed by atoms with Crippen molar-refractivity contribution in [2.24, 2.45) is 23.2 Å². The minimum absolute atomic E-state index is 0.0102. The van der Waals surface area contributed by atoms with Crippen molar-refractivity contribution in [3.63, 3.8) is 0 Å². The van der Waals surface area contributed by atoms with Crippen LogP contribution >= 0.6 is 0 Å². The minimum Gasteiger partial charge on any atom is -0.478 e. The summed E-state index contributed by atoms with van der Waals surface area (Å²) in [5, 5.41) is 20.1. The van der Waals surface area contributed by atoms with E-state index in [1.807, 2.05) is 0 Å².